The monoisotopic (exact) mass is 470 g/mol. The molecule has 0 bridgehead atoms. The van der Waals surface area contributed by atoms with Gasteiger partial charge in [-0.05, 0) is 31.2 Å². The molecule has 4 rings (SSSR count). The number of nitrogens with one attached hydrogen (secondary N) is 1. The van der Waals surface area contributed by atoms with E-state index in [9.17, 15) is 14.4 Å². The van der Waals surface area contributed by atoms with Crippen molar-refractivity contribution in [3.8, 4) is 0 Å². The fourth-order valence-corrected chi connectivity index (χ4v) is 5.63. The lowest BCUT2D eigenvalue weighted by Crippen LogP contribution is -2.22. The smallest absolute Gasteiger partial charge is 0.358 e. The van der Waals surface area contributed by atoms with Gasteiger partial charge in [-0.3, -0.25) is 9.59 Å². The van der Waals surface area contributed by atoms with Crippen LogP contribution < -0.4 is 5.32 Å². The highest BCUT2D eigenvalue weighted by molar-refractivity contribution is 7.17. The lowest BCUT2D eigenvalue weighted by atomic mass is 9.92. The molecule has 2 heterocycles. The van der Waals surface area contributed by atoms with Crippen LogP contribution in [0.1, 0.15) is 54.7 Å². The van der Waals surface area contributed by atoms with Gasteiger partial charge in [-0.1, -0.05) is 30.3 Å². The van der Waals surface area contributed by atoms with Gasteiger partial charge in [-0.15, -0.1) is 22.7 Å². The number of hydrogen-bond acceptors (Lipinski definition) is 8. The maximum absolute atomic E-state index is 13.2. The van der Waals surface area contributed by atoms with E-state index >= 15 is 0 Å². The number of thiophene rings is 1. The number of esters is 1. The highest BCUT2D eigenvalue weighted by Gasteiger charge is 2.27. The number of aryl methyl sites for hydroxylation is 1. The van der Waals surface area contributed by atoms with Crippen molar-refractivity contribution in [2.75, 3.05) is 19.0 Å². The highest BCUT2D eigenvalue weighted by Crippen LogP contribution is 2.39. The van der Waals surface area contributed by atoms with E-state index in [1.807, 2.05) is 18.2 Å². The number of rotatable bonds is 8. The first-order chi connectivity index (χ1) is 15.6. The van der Waals surface area contributed by atoms with Crippen molar-refractivity contribution in [3.05, 3.63) is 68.0 Å². The van der Waals surface area contributed by atoms with Gasteiger partial charge in [-0.25, -0.2) is 9.78 Å². The van der Waals surface area contributed by atoms with Crippen molar-refractivity contribution < 1.29 is 23.9 Å². The van der Waals surface area contributed by atoms with E-state index in [1.165, 1.54) is 22.7 Å². The third-order valence-electron chi connectivity index (χ3n) is 5.05. The normalized spacial score (nSPS) is 12.8. The summed E-state index contributed by atoms with van der Waals surface area (Å²) < 4.78 is 10.1. The van der Waals surface area contributed by atoms with Crippen molar-refractivity contribution >= 4 is 45.3 Å². The molecule has 0 saturated heterocycles. The summed E-state index contributed by atoms with van der Waals surface area (Å²) in [4.78, 5) is 43.2. The van der Waals surface area contributed by atoms with Gasteiger partial charge in [-0.2, -0.15) is 0 Å². The number of anilines is 1. The van der Waals surface area contributed by atoms with Crippen LogP contribution in [0.2, 0.25) is 0 Å². The first-order valence-electron chi connectivity index (χ1n) is 10.2. The molecule has 0 atom stereocenters. The summed E-state index contributed by atoms with van der Waals surface area (Å²) in [6, 6.07) is 9.04. The summed E-state index contributed by atoms with van der Waals surface area (Å²) in [5, 5.41) is 5.53. The van der Waals surface area contributed by atoms with E-state index in [0.717, 1.165) is 36.1 Å². The van der Waals surface area contributed by atoms with Crippen LogP contribution >= 0.6 is 22.7 Å². The summed E-state index contributed by atoms with van der Waals surface area (Å²) in [5.41, 5.74) is 2.30. The molecule has 0 saturated carbocycles. The standard InChI is InChI=1S/C23H22N2O5S2/c1-29-12-19-24-16(13-31-19)23(28)30-11-18(26)25-22-20(15-9-5-6-10-17(15)32-22)21(27)14-7-3-2-4-8-14/h2-4,7-8,13H,5-6,9-12H2,1H3,(H,25,26). The van der Waals surface area contributed by atoms with Gasteiger partial charge < -0.3 is 14.8 Å². The Morgan fingerprint density at radius 1 is 1.12 bits per heavy atom. The number of methoxy groups -OCH3 is 1. The van der Waals surface area contributed by atoms with Gasteiger partial charge in [0.1, 0.15) is 10.0 Å². The molecule has 166 valence electrons. The zero-order valence-electron chi connectivity index (χ0n) is 17.5. The minimum absolute atomic E-state index is 0.106. The number of fused-ring (bicyclic) bond motifs is 1. The number of thiazole rings is 1. The maximum Gasteiger partial charge on any atom is 0.358 e. The number of ketones is 1. The fraction of sp³-hybridized carbons (Fsp3) is 0.304. The summed E-state index contributed by atoms with van der Waals surface area (Å²) in [7, 11) is 1.54. The van der Waals surface area contributed by atoms with Gasteiger partial charge in [0.05, 0.1) is 12.2 Å². The molecule has 1 aliphatic rings. The molecule has 32 heavy (non-hydrogen) atoms. The predicted octanol–water partition coefficient (Wildman–Crippen LogP) is 4.26. The van der Waals surface area contributed by atoms with Crippen LogP contribution in [0.15, 0.2) is 35.7 Å². The largest absolute Gasteiger partial charge is 0.451 e. The fourth-order valence-electron chi connectivity index (χ4n) is 3.59. The quantitative estimate of drug-likeness (QED) is 0.391. The lowest BCUT2D eigenvalue weighted by Gasteiger charge is -2.12. The lowest BCUT2D eigenvalue weighted by molar-refractivity contribution is -0.119. The van der Waals surface area contributed by atoms with Crippen LogP contribution in [0.25, 0.3) is 0 Å². The van der Waals surface area contributed by atoms with Gasteiger partial charge >= 0.3 is 5.97 Å². The van der Waals surface area contributed by atoms with E-state index < -0.39 is 18.5 Å². The van der Waals surface area contributed by atoms with Crippen molar-refractivity contribution in [2.24, 2.45) is 0 Å². The number of aromatic nitrogens is 1. The van der Waals surface area contributed by atoms with Crippen molar-refractivity contribution in [1.82, 2.24) is 4.98 Å². The highest BCUT2D eigenvalue weighted by atomic mass is 32.1. The number of carbonyl (C=O) groups excluding carboxylic acids is 3. The first kappa shape index (κ1) is 22.3. The summed E-state index contributed by atoms with van der Waals surface area (Å²) >= 11 is 2.72. The topological polar surface area (TPSA) is 94.6 Å². The molecule has 7 nitrogen and oxygen atoms in total. The molecule has 9 heteroatoms. The molecule has 1 N–H and O–H groups in total. The summed E-state index contributed by atoms with van der Waals surface area (Å²) in [5.74, 6) is -1.28. The third kappa shape index (κ3) is 4.95. The number of nitrogens with zero attached hydrogens (tertiary/aromatic N) is 1. The molecule has 2 aromatic heterocycles. The Morgan fingerprint density at radius 2 is 1.91 bits per heavy atom. The van der Waals surface area contributed by atoms with E-state index in [0.29, 0.717) is 27.7 Å². The van der Waals surface area contributed by atoms with E-state index in [1.54, 1.807) is 24.6 Å². The van der Waals surface area contributed by atoms with Crippen molar-refractivity contribution in [1.29, 1.82) is 0 Å². The Balaban J connectivity index is 1.47. The molecule has 0 unspecified atom stereocenters. The van der Waals surface area contributed by atoms with Crippen LogP contribution in [-0.4, -0.2) is 36.4 Å². The second kappa shape index (κ2) is 10.2. The van der Waals surface area contributed by atoms with Crippen molar-refractivity contribution in [2.45, 2.75) is 32.3 Å². The molecule has 1 amide bonds. The van der Waals surface area contributed by atoms with Gasteiger partial charge in [0.25, 0.3) is 5.91 Å². The molecule has 0 spiro atoms. The first-order valence-corrected chi connectivity index (χ1v) is 11.9. The van der Waals surface area contributed by atoms with Gasteiger partial charge in [0.15, 0.2) is 18.1 Å². The third-order valence-corrected chi connectivity index (χ3v) is 7.08. The average molecular weight is 471 g/mol. The number of ether oxygens (including phenoxy) is 2. The number of benzene rings is 1. The van der Waals surface area contributed by atoms with Gasteiger partial charge in [0, 0.05) is 22.9 Å². The Hall–Kier alpha value is -2.88. The van der Waals surface area contributed by atoms with Crippen LogP contribution in [-0.2, 0) is 33.7 Å². The Morgan fingerprint density at radius 3 is 2.69 bits per heavy atom. The van der Waals surface area contributed by atoms with Gasteiger partial charge in [0.2, 0.25) is 0 Å². The molecule has 0 aliphatic heterocycles. The number of amides is 1. The summed E-state index contributed by atoms with van der Waals surface area (Å²) in [6.07, 6.45) is 3.80. The predicted molar refractivity (Wildman–Crippen MR) is 123 cm³/mol. The average Bonchev–Trinajstić information content (AvgIpc) is 3.42. The maximum atomic E-state index is 13.2. The van der Waals surface area contributed by atoms with E-state index in [2.05, 4.69) is 10.3 Å². The molecule has 0 fully saturated rings. The van der Waals surface area contributed by atoms with Crippen LogP contribution in [0.5, 0.6) is 0 Å². The number of hydrogen-bond donors (Lipinski definition) is 1. The minimum atomic E-state index is -0.676. The zero-order valence-corrected chi connectivity index (χ0v) is 19.1. The SMILES string of the molecule is COCc1nc(C(=O)OCC(=O)Nc2sc3c(c2C(=O)c2ccccc2)CCCC3)cs1. The van der Waals surface area contributed by atoms with Crippen LogP contribution in [0, 0.1) is 0 Å². The second-order valence-corrected chi connectivity index (χ2v) is 9.34. The molecular weight excluding hydrogens is 448 g/mol. The minimum Gasteiger partial charge on any atom is -0.451 e. The molecule has 1 aliphatic carbocycles. The Kier molecular flexibility index (Phi) is 7.09. The Labute approximate surface area is 193 Å². The molecular formula is C23H22N2O5S2. The van der Waals surface area contributed by atoms with Crippen molar-refractivity contribution in [3.63, 3.8) is 0 Å². The molecule has 3 aromatic rings. The Bertz CT molecular complexity index is 1140. The second-order valence-electron chi connectivity index (χ2n) is 7.29. The number of carbonyl (C=O) groups is 3. The summed E-state index contributed by atoms with van der Waals surface area (Å²) in [6.45, 7) is -0.156. The van der Waals surface area contributed by atoms with E-state index in [4.69, 9.17) is 9.47 Å². The van der Waals surface area contributed by atoms with E-state index in [-0.39, 0.29) is 11.5 Å². The molecule has 0 radical (unpaired) electrons. The molecule has 1 aromatic carbocycles. The van der Waals surface area contributed by atoms with Crippen LogP contribution in [0.4, 0.5) is 5.00 Å². The zero-order chi connectivity index (χ0) is 22.5. The van der Waals surface area contributed by atoms with Crippen LogP contribution in [0.3, 0.4) is 0 Å².